The molecule has 0 atom stereocenters. The van der Waals surface area contributed by atoms with Crippen LogP contribution in [0.4, 0.5) is 10.5 Å². The zero-order chi connectivity index (χ0) is 22.1. The molecule has 1 aromatic carbocycles. The largest absolute Gasteiger partial charge is 0.493 e. The van der Waals surface area contributed by atoms with E-state index in [1.54, 1.807) is 19.1 Å². The van der Waals surface area contributed by atoms with Crippen molar-refractivity contribution in [2.75, 3.05) is 45.7 Å². The van der Waals surface area contributed by atoms with Crippen molar-refractivity contribution in [2.24, 2.45) is 10.9 Å². The second-order valence-corrected chi connectivity index (χ2v) is 8.29. The molecule has 0 spiro atoms. The fraction of sp³-hybridized carbons (Fsp3) is 0.636. The number of likely N-dealkylation sites (tertiary alicyclic amines) is 1. The van der Waals surface area contributed by atoms with E-state index in [9.17, 15) is 4.79 Å². The molecule has 0 bridgehead atoms. The molecule has 0 unspecified atom stereocenters. The molecule has 0 aromatic heterocycles. The van der Waals surface area contributed by atoms with Crippen LogP contribution >= 0.6 is 0 Å². The average molecular weight is 421 g/mol. The Morgan fingerprint density at radius 1 is 1.23 bits per heavy atom. The first-order valence-corrected chi connectivity index (χ1v) is 10.5. The van der Waals surface area contributed by atoms with E-state index >= 15 is 0 Å². The SMILES string of the molecule is CCOc1cc(NC(=NC)NCC2CCN(C(=O)OC(C)(C)C)CC2)ccc1OC. The Kier molecular flexibility index (Phi) is 8.62. The van der Waals surface area contributed by atoms with Gasteiger partial charge in [-0.05, 0) is 58.6 Å². The number of rotatable bonds is 6. The Morgan fingerprint density at radius 3 is 2.50 bits per heavy atom. The molecule has 1 aliphatic rings. The van der Waals surface area contributed by atoms with Gasteiger partial charge in [-0.2, -0.15) is 0 Å². The summed E-state index contributed by atoms with van der Waals surface area (Å²) >= 11 is 0. The van der Waals surface area contributed by atoms with Crippen molar-refractivity contribution in [3.05, 3.63) is 18.2 Å². The quantitative estimate of drug-likeness (QED) is 0.539. The van der Waals surface area contributed by atoms with Crippen LogP contribution in [0, 0.1) is 5.92 Å². The summed E-state index contributed by atoms with van der Waals surface area (Å²) in [7, 11) is 3.37. The summed E-state index contributed by atoms with van der Waals surface area (Å²) in [5, 5.41) is 6.67. The summed E-state index contributed by atoms with van der Waals surface area (Å²) in [6.45, 7) is 10.4. The van der Waals surface area contributed by atoms with Crippen molar-refractivity contribution in [1.29, 1.82) is 0 Å². The van der Waals surface area contributed by atoms with Crippen LogP contribution in [0.3, 0.4) is 0 Å². The van der Waals surface area contributed by atoms with E-state index in [1.165, 1.54) is 0 Å². The minimum Gasteiger partial charge on any atom is -0.493 e. The lowest BCUT2D eigenvalue weighted by atomic mass is 9.97. The summed E-state index contributed by atoms with van der Waals surface area (Å²) in [5.74, 6) is 2.55. The van der Waals surface area contributed by atoms with Gasteiger partial charge >= 0.3 is 6.09 Å². The molecule has 2 N–H and O–H groups in total. The van der Waals surface area contributed by atoms with Crippen LogP contribution in [0.15, 0.2) is 23.2 Å². The fourth-order valence-corrected chi connectivity index (χ4v) is 3.23. The number of carbonyl (C=O) groups excluding carboxylic acids is 1. The van der Waals surface area contributed by atoms with E-state index in [0.717, 1.165) is 25.1 Å². The van der Waals surface area contributed by atoms with Crippen LogP contribution in [-0.2, 0) is 4.74 Å². The molecule has 8 heteroatoms. The van der Waals surface area contributed by atoms with Crippen LogP contribution in [0.25, 0.3) is 0 Å². The maximum Gasteiger partial charge on any atom is 0.410 e. The highest BCUT2D eigenvalue weighted by Gasteiger charge is 2.26. The third-order valence-electron chi connectivity index (χ3n) is 4.77. The van der Waals surface area contributed by atoms with Crippen LogP contribution in [-0.4, -0.2) is 63.0 Å². The topological polar surface area (TPSA) is 84.4 Å². The molecule has 2 rings (SSSR count). The monoisotopic (exact) mass is 420 g/mol. The van der Waals surface area contributed by atoms with Crippen molar-refractivity contribution < 1.29 is 19.0 Å². The summed E-state index contributed by atoms with van der Waals surface area (Å²) in [6, 6.07) is 5.69. The van der Waals surface area contributed by atoms with Gasteiger partial charge in [0, 0.05) is 38.4 Å². The van der Waals surface area contributed by atoms with Crippen LogP contribution in [0.2, 0.25) is 0 Å². The third kappa shape index (κ3) is 7.31. The molecule has 1 heterocycles. The first kappa shape index (κ1) is 23.6. The van der Waals surface area contributed by atoms with Gasteiger partial charge in [-0.25, -0.2) is 4.79 Å². The number of benzene rings is 1. The van der Waals surface area contributed by atoms with Gasteiger partial charge in [0.25, 0.3) is 0 Å². The minimum absolute atomic E-state index is 0.226. The van der Waals surface area contributed by atoms with E-state index in [1.807, 2.05) is 45.9 Å². The standard InChI is InChI=1S/C22H36N4O4/c1-7-29-19-14-17(8-9-18(19)28-6)25-20(23-5)24-15-16-10-12-26(13-11-16)21(27)30-22(2,3)4/h8-9,14,16H,7,10-13,15H2,1-6H3,(H2,23,24,25). The van der Waals surface area contributed by atoms with Gasteiger partial charge < -0.3 is 29.7 Å². The number of aliphatic imine (C=N–C) groups is 1. The Morgan fingerprint density at radius 2 is 1.93 bits per heavy atom. The normalized spacial score (nSPS) is 15.5. The lowest BCUT2D eigenvalue weighted by Crippen LogP contribution is -2.44. The van der Waals surface area contributed by atoms with Gasteiger partial charge in [-0.3, -0.25) is 4.99 Å². The number of hydrogen-bond donors (Lipinski definition) is 2. The zero-order valence-corrected chi connectivity index (χ0v) is 19.1. The first-order chi connectivity index (χ1) is 14.3. The van der Waals surface area contributed by atoms with Gasteiger partial charge in [-0.1, -0.05) is 0 Å². The Hall–Kier alpha value is -2.64. The molecule has 1 aromatic rings. The summed E-state index contributed by atoms with van der Waals surface area (Å²) in [6.07, 6.45) is 1.64. The lowest BCUT2D eigenvalue weighted by molar-refractivity contribution is 0.0185. The molecule has 1 aliphatic heterocycles. The molecule has 0 radical (unpaired) electrons. The fourth-order valence-electron chi connectivity index (χ4n) is 3.23. The molecule has 8 nitrogen and oxygen atoms in total. The number of anilines is 1. The minimum atomic E-state index is -0.461. The Balaban J connectivity index is 1.83. The smallest absolute Gasteiger partial charge is 0.410 e. The summed E-state index contributed by atoms with van der Waals surface area (Å²) in [4.78, 5) is 18.3. The summed E-state index contributed by atoms with van der Waals surface area (Å²) in [5.41, 5.74) is 0.407. The average Bonchev–Trinajstić information content (AvgIpc) is 2.70. The van der Waals surface area contributed by atoms with Gasteiger partial charge in [-0.15, -0.1) is 0 Å². The van der Waals surface area contributed by atoms with Crippen molar-refractivity contribution in [1.82, 2.24) is 10.2 Å². The third-order valence-corrected chi connectivity index (χ3v) is 4.77. The van der Waals surface area contributed by atoms with Crippen LogP contribution in [0.1, 0.15) is 40.5 Å². The molecule has 1 saturated heterocycles. The lowest BCUT2D eigenvalue weighted by Gasteiger charge is -2.33. The van der Waals surface area contributed by atoms with Gasteiger partial charge in [0.1, 0.15) is 5.60 Å². The predicted octanol–water partition coefficient (Wildman–Crippen LogP) is 3.73. The van der Waals surface area contributed by atoms with Gasteiger partial charge in [0.15, 0.2) is 17.5 Å². The number of methoxy groups -OCH3 is 1. The van der Waals surface area contributed by atoms with E-state index in [2.05, 4.69) is 15.6 Å². The molecular weight excluding hydrogens is 384 g/mol. The molecule has 1 amide bonds. The van der Waals surface area contributed by atoms with Crippen LogP contribution < -0.4 is 20.1 Å². The maximum atomic E-state index is 12.2. The molecule has 168 valence electrons. The molecule has 1 fully saturated rings. The van der Waals surface area contributed by atoms with Gasteiger partial charge in [0.2, 0.25) is 0 Å². The number of hydrogen-bond acceptors (Lipinski definition) is 5. The first-order valence-electron chi connectivity index (χ1n) is 10.5. The predicted molar refractivity (Wildman–Crippen MR) is 120 cm³/mol. The highest BCUT2D eigenvalue weighted by Crippen LogP contribution is 2.30. The maximum absolute atomic E-state index is 12.2. The van der Waals surface area contributed by atoms with E-state index in [4.69, 9.17) is 14.2 Å². The molecular formula is C22H36N4O4. The number of amides is 1. The second kappa shape index (κ2) is 10.9. The van der Waals surface area contributed by atoms with Crippen LogP contribution in [0.5, 0.6) is 11.5 Å². The zero-order valence-electron chi connectivity index (χ0n) is 19.1. The van der Waals surface area contributed by atoms with Gasteiger partial charge in [0.05, 0.1) is 13.7 Å². The van der Waals surface area contributed by atoms with Crippen molar-refractivity contribution in [2.45, 2.75) is 46.1 Å². The van der Waals surface area contributed by atoms with Crippen molar-refractivity contribution in [3.63, 3.8) is 0 Å². The summed E-state index contributed by atoms with van der Waals surface area (Å²) < 4.78 is 16.4. The van der Waals surface area contributed by atoms with E-state index in [-0.39, 0.29) is 6.09 Å². The van der Waals surface area contributed by atoms with E-state index < -0.39 is 5.60 Å². The number of nitrogens with one attached hydrogen (secondary N) is 2. The number of carbonyl (C=O) groups is 1. The number of ether oxygens (including phenoxy) is 3. The Bertz CT molecular complexity index is 722. The molecule has 0 saturated carbocycles. The van der Waals surface area contributed by atoms with E-state index in [0.29, 0.717) is 43.1 Å². The molecule has 30 heavy (non-hydrogen) atoms. The number of guanidine groups is 1. The Labute approximate surface area is 180 Å². The number of nitrogens with zero attached hydrogens (tertiary/aromatic N) is 2. The number of piperidine rings is 1. The highest BCUT2D eigenvalue weighted by molar-refractivity contribution is 5.93. The van der Waals surface area contributed by atoms with Crippen molar-refractivity contribution in [3.8, 4) is 11.5 Å². The van der Waals surface area contributed by atoms with Crippen molar-refractivity contribution >= 4 is 17.7 Å². The molecule has 0 aliphatic carbocycles. The second-order valence-electron chi connectivity index (χ2n) is 8.29. The highest BCUT2D eigenvalue weighted by atomic mass is 16.6.